The molecule has 0 bridgehead atoms. The zero-order valence-corrected chi connectivity index (χ0v) is 11.7. The zero-order chi connectivity index (χ0) is 13.0. The minimum atomic E-state index is 0.252. The average molecular weight is 252 g/mol. The summed E-state index contributed by atoms with van der Waals surface area (Å²) in [7, 11) is 0. The third-order valence-corrected chi connectivity index (χ3v) is 4.99. The van der Waals surface area contributed by atoms with E-state index >= 15 is 0 Å². The van der Waals surface area contributed by atoms with Gasteiger partial charge in [0.05, 0.1) is 0 Å². The number of hydrogen-bond acceptors (Lipinski definition) is 2. The second-order valence-corrected chi connectivity index (χ2v) is 6.33. The highest BCUT2D eigenvalue weighted by Crippen LogP contribution is 2.29. The number of carbonyl (C=O) groups is 1. The van der Waals surface area contributed by atoms with Crippen LogP contribution in [0.5, 0.6) is 0 Å². The van der Waals surface area contributed by atoms with Crippen LogP contribution >= 0.6 is 0 Å². The number of hydrogen-bond donors (Lipinski definition) is 2. The minimum Gasteiger partial charge on any atom is -0.353 e. The van der Waals surface area contributed by atoms with Crippen LogP contribution in [0, 0.1) is 17.8 Å². The molecule has 2 aliphatic carbocycles. The van der Waals surface area contributed by atoms with Gasteiger partial charge in [0.15, 0.2) is 0 Å². The van der Waals surface area contributed by atoms with E-state index in [-0.39, 0.29) is 5.92 Å². The van der Waals surface area contributed by atoms with Gasteiger partial charge in [0, 0.05) is 12.0 Å². The average Bonchev–Trinajstić information content (AvgIpc) is 2.41. The van der Waals surface area contributed by atoms with Crippen LogP contribution in [-0.4, -0.2) is 18.5 Å². The largest absolute Gasteiger partial charge is 0.353 e. The highest BCUT2D eigenvalue weighted by molar-refractivity contribution is 5.79. The normalized spacial score (nSPS) is 37.2. The molecule has 0 aliphatic heterocycles. The first-order valence-corrected chi connectivity index (χ1v) is 7.71. The lowest BCUT2D eigenvalue weighted by Crippen LogP contribution is -2.44. The van der Waals surface area contributed by atoms with E-state index < -0.39 is 0 Å². The van der Waals surface area contributed by atoms with Crippen LogP contribution in [0.4, 0.5) is 0 Å². The number of amides is 1. The molecular formula is C15H28N2O. The van der Waals surface area contributed by atoms with E-state index in [2.05, 4.69) is 12.2 Å². The van der Waals surface area contributed by atoms with Crippen molar-refractivity contribution in [1.29, 1.82) is 0 Å². The van der Waals surface area contributed by atoms with Crippen LogP contribution in [0.25, 0.3) is 0 Å². The fourth-order valence-electron chi connectivity index (χ4n) is 3.49. The summed E-state index contributed by atoms with van der Waals surface area (Å²) >= 11 is 0. The molecular weight excluding hydrogens is 224 g/mol. The van der Waals surface area contributed by atoms with Crippen molar-refractivity contribution in [1.82, 2.24) is 5.32 Å². The first kappa shape index (κ1) is 13.9. The van der Waals surface area contributed by atoms with E-state index in [1.54, 1.807) is 0 Å². The molecule has 0 aromatic heterocycles. The van der Waals surface area contributed by atoms with Gasteiger partial charge in [-0.1, -0.05) is 19.8 Å². The summed E-state index contributed by atoms with van der Waals surface area (Å²) in [6.45, 7) is 3.06. The molecule has 2 saturated carbocycles. The van der Waals surface area contributed by atoms with Gasteiger partial charge in [-0.3, -0.25) is 4.79 Å². The van der Waals surface area contributed by atoms with Crippen molar-refractivity contribution in [3.63, 3.8) is 0 Å². The Hall–Kier alpha value is -0.570. The lowest BCUT2D eigenvalue weighted by atomic mass is 9.80. The Morgan fingerprint density at radius 3 is 2.39 bits per heavy atom. The van der Waals surface area contributed by atoms with Crippen LogP contribution in [0.2, 0.25) is 0 Å². The summed E-state index contributed by atoms with van der Waals surface area (Å²) in [6.07, 6.45) is 9.38. The standard InChI is InChI=1S/C15H28N2O/c1-11-4-2-3-5-14(11)17-15(18)13-8-6-12(10-16)7-9-13/h11-14H,2-10,16H2,1H3,(H,17,18). The quantitative estimate of drug-likeness (QED) is 0.810. The number of carbonyl (C=O) groups excluding carboxylic acids is 1. The third kappa shape index (κ3) is 3.47. The molecule has 0 heterocycles. The first-order chi connectivity index (χ1) is 8.70. The van der Waals surface area contributed by atoms with E-state index in [0.29, 0.717) is 23.8 Å². The molecule has 3 nitrogen and oxygen atoms in total. The predicted molar refractivity (Wildman–Crippen MR) is 74.1 cm³/mol. The van der Waals surface area contributed by atoms with Crippen molar-refractivity contribution in [3.8, 4) is 0 Å². The van der Waals surface area contributed by atoms with Gasteiger partial charge in [0.2, 0.25) is 5.91 Å². The topological polar surface area (TPSA) is 55.1 Å². The van der Waals surface area contributed by atoms with Crippen molar-refractivity contribution < 1.29 is 4.79 Å². The highest BCUT2D eigenvalue weighted by Gasteiger charge is 2.29. The Labute approximate surface area is 111 Å². The molecule has 2 fully saturated rings. The maximum atomic E-state index is 12.3. The maximum absolute atomic E-state index is 12.3. The van der Waals surface area contributed by atoms with Gasteiger partial charge in [-0.2, -0.15) is 0 Å². The van der Waals surface area contributed by atoms with Crippen molar-refractivity contribution in [2.75, 3.05) is 6.54 Å². The summed E-state index contributed by atoms with van der Waals surface area (Å²) in [6, 6.07) is 0.429. The third-order valence-electron chi connectivity index (χ3n) is 4.99. The summed E-state index contributed by atoms with van der Waals surface area (Å²) < 4.78 is 0. The van der Waals surface area contributed by atoms with E-state index in [4.69, 9.17) is 5.73 Å². The van der Waals surface area contributed by atoms with Crippen LogP contribution in [0.3, 0.4) is 0 Å². The molecule has 2 unspecified atom stereocenters. The fourth-order valence-corrected chi connectivity index (χ4v) is 3.49. The second-order valence-electron chi connectivity index (χ2n) is 6.33. The Kier molecular flexibility index (Phi) is 5.04. The van der Waals surface area contributed by atoms with Gasteiger partial charge in [0.1, 0.15) is 0 Å². The smallest absolute Gasteiger partial charge is 0.223 e. The molecule has 0 aromatic rings. The van der Waals surface area contributed by atoms with Gasteiger partial charge in [0.25, 0.3) is 0 Å². The van der Waals surface area contributed by atoms with Crippen molar-refractivity contribution in [3.05, 3.63) is 0 Å². The monoisotopic (exact) mass is 252 g/mol. The van der Waals surface area contributed by atoms with Crippen LogP contribution < -0.4 is 11.1 Å². The molecule has 104 valence electrons. The van der Waals surface area contributed by atoms with Crippen molar-refractivity contribution in [2.45, 2.75) is 64.3 Å². The molecule has 2 atom stereocenters. The lowest BCUT2D eigenvalue weighted by Gasteiger charge is -2.32. The van der Waals surface area contributed by atoms with Gasteiger partial charge in [-0.15, -0.1) is 0 Å². The molecule has 18 heavy (non-hydrogen) atoms. The number of nitrogens with one attached hydrogen (secondary N) is 1. The fraction of sp³-hybridized carbons (Fsp3) is 0.933. The molecule has 3 heteroatoms. The molecule has 0 spiro atoms. The first-order valence-electron chi connectivity index (χ1n) is 7.71. The minimum absolute atomic E-state index is 0.252. The molecule has 2 rings (SSSR count). The van der Waals surface area contributed by atoms with E-state index in [1.165, 1.54) is 25.7 Å². The molecule has 2 aliphatic rings. The Morgan fingerprint density at radius 2 is 1.78 bits per heavy atom. The number of nitrogens with two attached hydrogens (primary N) is 1. The van der Waals surface area contributed by atoms with E-state index in [9.17, 15) is 4.79 Å². The predicted octanol–water partition coefficient (Wildman–Crippen LogP) is 2.45. The zero-order valence-electron chi connectivity index (χ0n) is 11.7. The van der Waals surface area contributed by atoms with Crippen molar-refractivity contribution in [2.24, 2.45) is 23.5 Å². The lowest BCUT2D eigenvalue weighted by molar-refractivity contribution is -0.127. The summed E-state index contributed by atoms with van der Waals surface area (Å²) in [4.78, 5) is 12.3. The molecule has 1 amide bonds. The van der Waals surface area contributed by atoms with Crippen LogP contribution in [0.1, 0.15) is 58.3 Å². The molecule has 0 saturated heterocycles. The van der Waals surface area contributed by atoms with Gasteiger partial charge < -0.3 is 11.1 Å². The van der Waals surface area contributed by atoms with Gasteiger partial charge in [-0.05, 0) is 56.9 Å². The van der Waals surface area contributed by atoms with Gasteiger partial charge >= 0.3 is 0 Å². The Balaban J connectivity index is 1.77. The summed E-state index contributed by atoms with van der Waals surface area (Å²) in [5.41, 5.74) is 5.69. The highest BCUT2D eigenvalue weighted by atomic mass is 16.1. The number of rotatable bonds is 3. The Morgan fingerprint density at radius 1 is 1.11 bits per heavy atom. The summed E-state index contributed by atoms with van der Waals surface area (Å²) in [5, 5.41) is 3.30. The SMILES string of the molecule is CC1CCCCC1NC(=O)C1CCC(CN)CC1. The van der Waals surface area contributed by atoms with E-state index in [1.807, 2.05) is 0 Å². The maximum Gasteiger partial charge on any atom is 0.223 e. The molecule has 0 aromatic carbocycles. The van der Waals surface area contributed by atoms with E-state index in [0.717, 1.165) is 32.2 Å². The van der Waals surface area contributed by atoms with Crippen LogP contribution in [0.15, 0.2) is 0 Å². The van der Waals surface area contributed by atoms with Gasteiger partial charge in [-0.25, -0.2) is 0 Å². The van der Waals surface area contributed by atoms with Crippen LogP contribution in [-0.2, 0) is 4.79 Å². The van der Waals surface area contributed by atoms with Crippen molar-refractivity contribution >= 4 is 5.91 Å². The second kappa shape index (κ2) is 6.55. The summed E-state index contributed by atoms with van der Waals surface area (Å²) in [5.74, 6) is 1.87. The molecule has 3 N–H and O–H groups in total. The Bertz CT molecular complexity index is 272. The molecule has 0 radical (unpaired) electrons.